The maximum absolute atomic E-state index is 12.3. The van der Waals surface area contributed by atoms with E-state index in [4.69, 9.17) is 4.74 Å². The van der Waals surface area contributed by atoms with Gasteiger partial charge in [0, 0.05) is 38.0 Å². The van der Waals surface area contributed by atoms with Crippen LogP contribution in [-0.2, 0) is 16.6 Å². The number of aryl methyl sites for hydroxylation is 1. The topological polar surface area (TPSA) is 68.6 Å². The van der Waals surface area contributed by atoms with Gasteiger partial charge in [-0.25, -0.2) is 0 Å². The van der Waals surface area contributed by atoms with Crippen LogP contribution in [0.25, 0.3) is 0 Å². The Morgan fingerprint density at radius 2 is 2.15 bits per heavy atom. The molecule has 0 spiro atoms. The van der Waals surface area contributed by atoms with Gasteiger partial charge < -0.3 is 14.2 Å². The molecule has 0 saturated carbocycles. The minimum Gasteiger partial charge on any atom is -0.469 e. The number of rotatable bonds is 2. The minimum atomic E-state index is -0.286. The lowest BCUT2D eigenvalue weighted by Crippen LogP contribution is -2.43. The normalized spacial score (nSPS) is 18.7. The van der Waals surface area contributed by atoms with E-state index in [1.807, 2.05) is 0 Å². The molecule has 1 aromatic heterocycles. The van der Waals surface area contributed by atoms with Crippen molar-refractivity contribution in [3.63, 3.8) is 0 Å². The molecule has 1 aliphatic heterocycles. The fourth-order valence-corrected chi connectivity index (χ4v) is 2.38. The van der Waals surface area contributed by atoms with Gasteiger partial charge in [0.1, 0.15) is 0 Å². The molecule has 2 rings (SSSR count). The molecule has 0 unspecified atom stereocenters. The molecule has 108 valence electrons. The molecule has 6 nitrogen and oxygen atoms in total. The fraction of sp³-hybridized carbons (Fsp3) is 0.500. The Hall–Kier alpha value is -2.11. The third kappa shape index (κ3) is 2.89. The van der Waals surface area contributed by atoms with Crippen molar-refractivity contribution >= 4 is 11.9 Å². The summed E-state index contributed by atoms with van der Waals surface area (Å²) in [6, 6.07) is 2.94. The van der Waals surface area contributed by atoms with Gasteiger partial charge in [0.15, 0.2) is 0 Å². The molecular weight excluding hydrogens is 260 g/mol. The van der Waals surface area contributed by atoms with Crippen LogP contribution < -0.4 is 5.56 Å². The number of piperidine rings is 1. The molecular formula is C14H18N2O4. The van der Waals surface area contributed by atoms with Crippen LogP contribution in [0.5, 0.6) is 0 Å². The number of ether oxygens (including phenoxy) is 1. The Morgan fingerprint density at radius 1 is 1.40 bits per heavy atom. The van der Waals surface area contributed by atoms with E-state index in [9.17, 15) is 14.4 Å². The molecule has 0 radical (unpaired) electrons. The lowest BCUT2D eigenvalue weighted by atomic mass is 9.97. The number of hydrogen-bond donors (Lipinski definition) is 0. The van der Waals surface area contributed by atoms with Crippen molar-refractivity contribution in [3.05, 3.63) is 34.2 Å². The van der Waals surface area contributed by atoms with E-state index in [1.165, 1.54) is 17.7 Å². The second kappa shape index (κ2) is 5.90. The first-order chi connectivity index (χ1) is 9.52. The number of carbonyl (C=O) groups excluding carboxylic acids is 2. The average Bonchev–Trinajstić information content (AvgIpc) is 2.48. The molecule has 1 saturated heterocycles. The quantitative estimate of drug-likeness (QED) is 0.735. The Labute approximate surface area is 116 Å². The summed E-state index contributed by atoms with van der Waals surface area (Å²) in [6.07, 6.45) is 3.06. The molecule has 1 amide bonds. The van der Waals surface area contributed by atoms with E-state index in [0.29, 0.717) is 18.7 Å². The van der Waals surface area contributed by atoms with Crippen molar-refractivity contribution < 1.29 is 14.3 Å². The first-order valence-electron chi connectivity index (χ1n) is 6.56. The molecule has 2 heterocycles. The van der Waals surface area contributed by atoms with Gasteiger partial charge >= 0.3 is 5.97 Å². The highest BCUT2D eigenvalue weighted by Gasteiger charge is 2.29. The van der Waals surface area contributed by atoms with Crippen molar-refractivity contribution in [1.29, 1.82) is 0 Å². The first-order valence-corrected chi connectivity index (χ1v) is 6.56. The predicted molar refractivity (Wildman–Crippen MR) is 72.3 cm³/mol. The zero-order chi connectivity index (χ0) is 14.7. The van der Waals surface area contributed by atoms with E-state index in [2.05, 4.69) is 0 Å². The summed E-state index contributed by atoms with van der Waals surface area (Å²) in [4.78, 5) is 37.1. The molecule has 1 atom stereocenters. The van der Waals surface area contributed by atoms with Crippen LogP contribution in [0.2, 0.25) is 0 Å². The van der Waals surface area contributed by atoms with E-state index in [-0.39, 0.29) is 23.4 Å². The number of carbonyl (C=O) groups is 2. The van der Waals surface area contributed by atoms with E-state index in [1.54, 1.807) is 24.2 Å². The van der Waals surface area contributed by atoms with Crippen molar-refractivity contribution in [2.24, 2.45) is 13.0 Å². The molecule has 0 bridgehead atoms. The number of pyridine rings is 1. The molecule has 0 aromatic carbocycles. The number of hydrogen-bond acceptors (Lipinski definition) is 4. The molecule has 1 aromatic rings. The molecule has 0 aliphatic carbocycles. The van der Waals surface area contributed by atoms with Gasteiger partial charge in [-0.2, -0.15) is 0 Å². The standard InChI is InChI=1S/C14H18N2O4/c1-15-7-5-10(8-12(15)17)13(18)16-6-3-4-11(9-16)14(19)20-2/h5,7-8,11H,3-4,6,9H2,1-2H3/t11-/m0/s1. The van der Waals surface area contributed by atoms with Crippen LogP contribution in [0.1, 0.15) is 23.2 Å². The van der Waals surface area contributed by atoms with E-state index >= 15 is 0 Å². The first kappa shape index (κ1) is 14.3. The van der Waals surface area contributed by atoms with Crippen LogP contribution in [0.4, 0.5) is 0 Å². The Bertz CT molecular complexity index is 579. The number of amides is 1. The number of methoxy groups -OCH3 is 1. The summed E-state index contributed by atoms with van der Waals surface area (Å²) in [5.41, 5.74) is 0.135. The maximum atomic E-state index is 12.3. The van der Waals surface area contributed by atoms with Crippen LogP contribution in [0, 0.1) is 5.92 Å². The molecule has 0 N–H and O–H groups in total. The summed E-state index contributed by atoms with van der Waals surface area (Å²) < 4.78 is 6.14. The largest absolute Gasteiger partial charge is 0.469 e. The summed E-state index contributed by atoms with van der Waals surface area (Å²) >= 11 is 0. The zero-order valence-electron chi connectivity index (χ0n) is 11.7. The SMILES string of the molecule is COC(=O)[C@H]1CCCN(C(=O)c2ccn(C)c(=O)c2)C1. The van der Waals surface area contributed by atoms with Crippen LogP contribution in [-0.4, -0.2) is 41.5 Å². The molecule has 20 heavy (non-hydrogen) atoms. The predicted octanol–water partition coefficient (Wildman–Crippen LogP) is 0.410. The number of aromatic nitrogens is 1. The highest BCUT2D eigenvalue weighted by atomic mass is 16.5. The second-order valence-corrected chi connectivity index (χ2v) is 4.98. The highest BCUT2D eigenvalue weighted by Crippen LogP contribution is 2.19. The van der Waals surface area contributed by atoms with Gasteiger partial charge in [-0.3, -0.25) is 14.4 Å². The minimum absolute atomic E-state index is 0.212. The van der Waals surface area contributed by atoms with Gasteiger partial charge in [-0.05, 0) is 18.9 Å². The highest BCUT2D eigenvalue weighted by molar-refractivity contribution is 5.94. The Kier molecular flexibility index (Phi) is 4.22. The summed E-state index contributed by atoms with van der Waals surface area (Å²) in [7, 11) is 2.98. The summed E-state index contributed by atoms with van der Waals surface area (Å²) in [5.74, 6) is -0.771. The van der Waals surface area contributed by atoms with Gasteiger partial charge in [-0.1, -0.05) is 0 Å². The van der Waals surface area contributed by atoms with Crippen LogP contribution in [0.15, 0.2) is 23.1 Å². The zero-order valence-corrected chi connectivity index (χ0v) is 11.7. The van der Waals surface area contributed by atoms with Gasteiger partial charge in [0.05, 0.1) is 13.0 Å². The maximum Gasteiger partial charge on any atom is 0.310 e. The second-order valence-electron chi connectivity index (χ2n) is 4.98. The van der Waals surface area contributed by atoms with Gasteiger partial charge in [-0.15, -0.1) is 0 Å². The molecule has 1 aliphatic rings. The summed E-state index contributed by atoms with van der Waals surface area (Å²) in [6.45, 7) is 0.947. The molecule has 6 heteroatoms. The number of nitrogens with zero attached hydrogens (tertiary/aromatic N) is 2. The number of esters is 1. The lowest BCUT2D eigenvalue weighted by molar-refractivity contribution is -0.146. The number of likely N-dealkylation sites (tertiary alicyclic amines) is 1. The molecule has 1 fully saturated rings. The lowest BCUT2D eigenvalue weighted by Gasteiger charge is -2.31. The average molecular weight is 278 g/mol. The van der Waals surface area contributed by atoms with Crippen molar-refractivity contribution in [2.75, 3.05) is 20.2 Å². The van der Waals surface area contributed by atoms with E-state index < -0.39 is 0 Å². The Morgan fingerprint density at radius 3 is 2.80 bits per heavy atom. The monoisotopic (exact) mass is 278 g/mol. The van der Waals surface area contributed by atoms with Gasteiger partial charge in [0.2, 0.25) is 0 Å². The van der Waals surface area contributed by atoms with Gasteiger partial charge in [0.25, 0.3) is 11.5 Å². The van der Waals surface area contributed by atoms with Crippen LogP contribution in [0.3, 0.4) is 0 Å². The van der Waals surface area contributed by atoms with Crippen molar-refractivity contribution in [2.45, 2.75) is 12.8 Å². The summed E-state index contributed by atoms with van der Waals surface area (Å²) in [5, 5.41) is 0. The van der Waals surface area contributed by atoms with E-state index in [0.717, 1.165) is 12.8 Å². The van der Waals surface area contributed by atoms with Crippen molar-refractivity contribution in [1.82, 2.24) is 9.47 Å². The van der Waals surface area contributed by atoms with Crippen molar-refractivity contribution in [3.8, 4) is 0 Å². The third-order valence-electron chi connectivity index (χ3n) is 3.59. The Balaban J connectivity index is 2.14. The fourth-order valence-electron chi connectivity index (χ4n) is 2.38. The third-order valence-corrected chi connectivity index (χ3v) is 3.59. The smallest absolute Gasteiger partial charge is 0.310 e. The van der Waals surface area contributed by atoms with Crippen LogP contribution >= 0.6 is 0 Å².